The number of nitrogen functional groups attached to an aromatic ring is 1. The molecule has 3 aromatic heterocycles. The summed E-state index contributed by atoms with van der Waals surface area (Å²) in [6.07, 6.45) is 6.58. The summed E-state index contributed by atoms with van der Waals surface area (Å²) in [6, 6.07) is 24.3. The number of rotatable bonds is 7. The summed E-state index contributed by atoms with van der Waals surface area (Å²) in [5, 5.41) is 3.36. The Morgan fingerprint density at radius 2 is 1.82 bits per heavy atom. The Morgan fingerprint density at radius 3 is 2.52 bits per heavy atom. The molecule has 2 aliphatic rings. The van der Waals surface area contributed by atoms with Crippen LogP contribution in [0.3, 0.4) is 0 Å². The standard InChI is InChI=1S/C35H38N8O/c1-2-42(34(44)23-15-20-38-21-16-23)27-7-3-6-24(22-27)29-13-14-30-33(40-29)43(32(41-30)28-8-4-19-39-31(28)36)26-11-9-25(10-12-26)35(37)17-5-18-35/h3-4,6-14,19,22-23,38H,2,5,15-18,20-21,37H2,1H3,(H2,36,39). The number of aromatic nitrogens is 4. The molecule has 1 saturated heterocycles. The molecule has 1 aliphatic heterocycles. The highest BCUT2D eigenvalue weighted by atomic mass is 16.2. The number of benzene rings is 2. The maximum Gasteiger partial charge on any atom is 0.230 e. The lowest BCUT2D eigenvalue weighted by Crippen LogP contribution is -2.43. The zero-order chi connectivity index (χ0) is 30.3. The minimum absolute atomic E-state index is 0.0480. The van der Waals surface area contributed by atoms with Crippen molar-refractivity contribution in [2.75, 3.05) is 30.3 Å². The van der Waals surface area contributed by atoms with Crippen LogP contribution in [-0.2, 0) is 10.3 Å². The van der Waals surface area contributed by atoms with Crippen LogP contribution in [0.4, 0.5) is 11.5 Å². The van der Waals surface area contributed by atoms with E-state index in [1.807, 2.05) is 58.9 Å². The summed E-state index contributed by atoms with van der Waals surface area (Å²) in [7, 11) is 0. The monoisotopic (exact) mass is 586 g/mol. The first kappa shape index (κ1) is 28.2. The van der Waals surface area contributed by atoms with E-state index in [-0.39, 0.29) is 17.4 Å². The molecule has 0 bridgehead atoms. The maximum atomic E-state index is 13.5. The third-order valence-electron chi connectivity index (χ3n) is 9.25. The summed E-state index contributed by atoms with van der Waals surface area (Å²) in [6.45, 7) is 4.41. The number of piperidine rings is 1. The SMILES string of the molecule is CCN(C(=O)C1CCNCC1)c1cccc(-c2ccc3nc(-c4cccnc4N)n(-c4ccc(C5(N)CCC5)cc4)c3n2)c1. The van der Waals surface area contributed by atoms with Crippen LogP contribution in [0.1, 0.15) is 44.6 Å². The molecule has 224 valence electrons. The number of nitrogens with two attached hydrogens (primary N) is 2. The fourth-order valence-corrected chi connectivity index (χ4v) is 6.53. The van der Waals surface area contributed by atoms with Crippen LogP contribution < -0.4 is 21.7 Å². The Bertz CT molecular complexity index is 1820. The molecule has 9 heteroatoms. The van der Waals surface area contributed by atoms with Gasteiger partial charge in [-0.25, -0.2) is 15.0 Å². The largest absolute Gasteiger partial charge is 0.383 e. The van der Waals surface area contributed by atoms with Crippen LogP contribution in [0.5, 0.6) is 0 Å². The molecule has 5 aromatic rings. The molecule has 0 radical (unpaired) electrons. The molecule has 1 aliphatic carbocycles. The van der Waals surface area contributed by atoms with Gasteiger partial charge < -0.3 is 21.7 Å². The number of anilines is 2. The Kier molecular flexibility index (Phi) is 7.35. The van der Waals surface area contributed by atoms with Crippen LogP contribution >= 0.6 is 0 Å². The second kappa shape index (κ2) is 11.5. The number of nitrogens with one attached hydrogen (secondary N) is 1. The number of nitrogens with zero attached hydrogens (tertiary/aromatic N) is 5. The van der Waals surface area contributed by atoms with Gasteiger partial charge in [0.15, 0.2) is 11.5 Å². The normalized spacial score (nSPS) is 16.5. The van der Waals surface area contributed by atoms with Gasteiger partial charge in [-0.3, -0.25) is 9.36 Å². The molecule has 9 nitrogen and oxygen atoms in total. The summed E-state index contributed by atoms with van der Waals surface area (Å²) >= 11 is 0. The number of hydrogen-bond donors (Lipinski definition) is 3. The van der Waals surface area contributed by atoms with Gasteiger partial charge >= 0.3 is 0 Å². The molecule has 1 amide bonds. The van der Waals surface area contributed by atoms with Crippen LogP contribution in [-0.4, -0.2) is 45.1 Å². The van der Waals surface area contributed by atoms with E-state index in [4.69, 9.17) is 21.4 Å². The number of hydrogen-bond acceptors (Lipinski definition) is 7. The van der Waals surface area contributed by atoms with Crippen molar-refractivity contribution in [3.8, 4) is 28.3 Å². The van der Waals surface area contributed by atoms with Crippen molar-refractivity contribution in [1.29, 1.82) is 0 Å². The molecule has 1 saturated carbocycles. The first-order valence-electron chi connectivity index (χ1n) is 15.6. The molecular formula is C35H38N8O. The van der Waals surface area contributed by atoms with Crippen LogP contribution in [0, 0.1) is 5.92 Å². The minimum atomic E-state index is -0.246. The number of carbonyl (C=O) groups excluding carboxylic acids is 1. The van der Waals surface area contributed by atoms with E-state index in [0.717, 1.165) is 84.5 Å². The van der Waals surface area contributed by atoms with Gasteiger partial charge in [0, 0.05) is 41.1 Å². The number of amides is 1. The molecule has 2 aromatic carbocycles. The Morgan fingerprint density at radius 1 is 1.02 bits per heavy atom. The molecule has 0 atom stereocenters. The fourth-order valence-electron chi connectivity index (χ4n) is 6.53. The fraction of sp³-hybridized carbons (Fsp3) is 0.314. The number of carbonyl (C=O) groups is 1. The predicted molar refractivity (Wildman–Crippen MR) is 175 cm³/mol. The van der Waals surface area contributed by atoms with Crippen molar-refractivity contribution in [2.45, 2.75) is 44.6 Å². The van der Waals surface area contributed by atoms with Crippen molar-refractivity contribution >= 4 is 28.6 Å². The van der Waals surface area contributed by atoms with Crippen LogP contribution in [0.25, 0.3) is 39.5 Å². The summed E-state index contributed by atoms with van der Waals surface area (Å²) in [5.41, 5.74) is 19.6. The quantitative estimate of drug-likeness (QED) is 0.232. The second-order valence-electron chi connectivity index (χ2n) is 12.0. The Balaban J connectivity index is 1.31. The van der Waals surface area contributed by atoms with Crippen molar-refractivity contribution in [1.82, 2.24) is 24.8 Å². The summed E-state index contributed by atoms with van der Waals surface area (Å²) in [5.74, 6) is 1.32. The third kappa shape index (κ3) is 5.02. The average Bonchev–Trinajstić information content (AvgIpc) is 3.43. The molecule has 2 fully saturated rings. The molecule has 5 N–H and O–H groups in total. The van der Waals surface area contributed by atoms with E-state index in [1.165, 1.54) is 0 Å². The highest BCUT2D eigenvalue weighted by Gasteiger charge is 2.34. The number of fused-ring (bicyclic) bond motifs is 1. The van der Waals surface area contributed by atoms with E-state index in [2.05, 4.69) is 40.6 Å². The van der Waals surface area contributed by atoms with Gasteiger partial charge in [0.1, 0.15) is 11.3 Å². The Hall–Kier alpha value is -4.60. The van der Waals surface area contributed by atoms with Crippen molar-refractivity contribution < 1.29 is 4.79 Å². The lowest BCUT2D eigenvalue weighted by molar-refractivity contribution is -0.123. The predicted octanol–water partition coefficient (Wildman–Crippen LogP) is 5.42. The smallest absolute Gasteiger partial charge is 0.230 e. The number of imidazole rings is 1. The number of pyridine rings is 2. The Labute approximate surface area is 257 Å². The third-order valence-corrected chi connectivity index (χ3v) is 9.25. The van der Waals surface area contributed by atoms with Gasteiger partial charge in [0.2, 0.25) is 5.91 Å². The van der Waals surface area contributed by atoms with Crippen LogP contribution in [0.2, 0.25) is 0 Å². The van der Waals surface area contributed by atoms with Crippen molar-refractivity contribution in [3.63, 3.8) is 0 Å². The molecule has 44 heavy (non-hydrogen) atoms. The van der Waals surface area contributed by atoms with Gasteiger partial charge in [-0.05, 0) is 106 Å². The topological polar surface area (TPSA) is 128 Å². The molecule has 0 spiro atoms. The van der Waals surface area contributed by atoms with E-state index < -0.39 is 0 Å². The average molecular weight is 587 g/mol. The van der Waals surface area contributed by atoms with E-state index >= 15 is 0 Å². The molecular weight excluding hydrogens is 548 g/mol. The first-order valence-corrected chi connectivity index (χ1v) is 15.6. The van der Waals surface area contributed by atoms with E-state index in [1.54, 1.807) is 6.20 Å². The van der Waals surface area contributed by atoms with E-state index in [9.17, 15) is 4.79 Å². The molecule has 0 unspecified atom stereocenters. The highest BCUT2D eigenvalue weighted by Crippen LogP contribution is 2.39. The van der Waals surface area contributed by atoms with Gasteiger partial charge in [0.05, 0.1) is 11.3 Å². The zero-order valence-electron chi connectivity index (χ0n) is 25.0. The van der Waals surface area contributed by atoms with Crippen molar-refractivity contribution in [3.05, 3.63) is 84.6 Å². The van der Waals surface area contributed by atoms with Gasteiger partial charge in [-0.1, -0.05) is 24.3 Å². The zero-order valence-corrected chi connectivity index (χ0v) is 25.0. The van der Waals surface area contributed by atoms with Crippen LogP contribution in [0.15, 0.2) is 79.0 Å². The van der Waals surface area contributed by atoms with Gasteiger partial charge in [-0.2, -0.15) is 0 Å². The lowest BCUT2D eigenvalue weighted by Gasteiger charge is -2.38. The minimum Gasteiger partial charge on any atom is -0.383 e. The highest BCUT2D eigenvalue weighted by molar-refractivity contribution is 5.96. The van der Waals surface area contributed by atoms with Crippen molar-refractivity contribution in [2.24, 2.45) is 11.7 Å². The van der Waals surface area contributed by atoms with E-state index in [0.29, 0.717) is 23.8 Å². The second-order valence-corrected chi connectivity index (χ2v) is 12.0. The first-order chi connectivity index (χ1) is 21.4. The van der Waals surface area contributed by atoms with Gasteiger partial charge in [-0.15, -0.1) is 0 Å². The maximum absolute atomic E-state index is 13.5. The lowest BCUT2D eigenvalue weighted by atomic mass is 9.73. The summed E-state index contributed by atoms with van der Waals surface area (Å²) < 4.78 is 2.04. The molecule has 7 rings (SSSR count). The summed E-state index contributed by atoms with van der Waals surface area (Å²) in [4.78, 5) is 29.8. The molecule has 4 heterocycles. The van der Waals surface area contributed by atoms with Gasteiger partial charge in [0.25, 0.3) is 0 Å².